The minimum Gasteiger partial charge on any atom is -0.494 e. The number of nitrogens with one attached hydrogen (secondary N) is 3. The number of methoxy groups -OCH3 is 1. The molecule has 1 saturated heterocycles. The van der Waals surface area contributed by atoms with Gasteiger partial charge in [0.25, 0.3) is 0 Å². The molecule has 11 nitrogen and oxygen atoms in total. The number of morpholine rings is 1. The number of amides is 1. The highest BCUT2D eigenvalue weighted by atomic mass is 32.2. The van der Waals surface area contributed by atoms with Crippen LogP contribution in [0, 0.1) is 5.92 Å². The highest BCUT2D eigenvalue weighted by molar-refractivity contribution is 7.90. The fourth-order valence-corrected chi connectivity index (χ4v) is 5.85. The maximum absolute atomic E-state index is 12.9. The fraction of sp³-hybridized carbons (Fsp3) is 0.500. The molecule has 1 aliphatic carbocycles. The van der Waals surface area contributed by atoms with Crippen molar-refractivity contribution in [1.29, 1.82) is 0 Å². The first kappa shape index (κ1) is 26.2. The van der Waals surface area contributed by atoms with Crippen molar-refractivity contribution in [1.82, 2.24) is 20.3 Å². The van der Waals surface area contributed by atoms with Crippen LogP contribution in [0.25, 0.3) is 11.0 Å². The van der Waals surface area contributed by atoms with E-state index in [0.29, 0.717) is 50.6 Å². The molecule has 1 aliphatic heterocycles. The molecule has 3 N–H and O–H groups in total. The summed E-state index contributed by atoms with van der Waals surface area (Å²) in [6.45, 7) is 3.44. The van der Waals surface area contributed by atoms with Crippen LogP contribution in [-0.4, -0.2) is 81.2 Å². The van der Waals surface area contributed by atoms with Crippen molar-refractivity contribution in [3.63, 3.8) is 0 Å². The van der Waals surface area contributed by atoms with Crippen LogP contribution in [0.1, 0.15) is 24.1 Å². The number of sulfone groups is 1. The Hall–Kier alpha value is -3.38. The number of carbonyl (C=O) groups is 1. The van der Waals surface area contributed by atoms with E-state index in [9.17, 15) is 13.2 Å². The number of hydrogen-bond donors (Lipinski definition) is 3. The number of hydrogen-bond acceptors (Lipinski definition) is 9. The van der Waals surface area contributed by atoms with Gasteiger partial charge in [-0.15, -0.1) is 0 Å². The zero-order valence-corrected chi connectivity index (χ0v) is 22.6. The summed E-state index contributed by atoms with van der Waals surface area (Å²) in [5.41, 5.74) is 4.70. The van der Waals surface area contributed by atoms with Gasteiger partial charge in [0.05, 0.1) is 37.2 Å². The highest BCUT2D eigenvalue weighted by Gasteiger charge is 2.29. The van der Waals surface area contributed by atoms with Gasteiger partial charge in [-0.1, -0.05) is 0 Å². The molecule has 0 radical (unpaired) electrons. The Kier molecular flexibility index (Phi) is 7.70. The molecular formula is C26H34N6O5S. The Morgan fingerprint density at radius 3 is 2.84 bits per heavy atom. The number of rotatable bonds is 9. The smallest absolute Gasteiger partial charge is 0.223 e. The molecule has 0 spiro atoms. The van der Waals surface area contributed by atoms with E-state index in [4.69, 9.17) is 9.47 Å². The van der Waals surface area contributed by atoms with Crippen LogP contribution >= 0.6 is 0 Å². The van der Waals surface area contributed by atoms with Gasteiger partial charge >= 0.3 is 0 Å². The predicted octanol–water partition coefficient (Wildman–Crippen LogP) is 2.20. The Labute approximate surface area is 222 Å². The third kappa shape index (κ3) is 5.86. The molecule has 1 fully saturated rings. The van der Waals surface area contributed by atoms with E-state index in [2.05, 4.69) is 36.6 Å². The van der Waals surface area contributed by atoms with Gasteiger partial charge < -0.3 is 30.0 Å². The fourth-order valence-electron chi connectivity index (χ4n) is 5.18. The minimum absolute atomic E-state index is 0.0507. The number of H-pyrrole nitrogens is 1. The normalized spacial score (nSPS) is 17.7. The van der Waals surface area contributed by atoms with Crippen molar-refractivity contribution in [2.75, 3.05) is 62.2 Å². The van der Waals surface area contributed by atoms with Gasteiger partial charge in [-0.25, -0.2) is 18.4 Å². The van der Waals surface area contributed by atoms with Crippen molar-refractivity contribution in [2.45, 2.75) is 25.7 Å². The number of aryl methyl sites for hydroxylation is 1. The molecule has 2 aliphatic rings. The number of aromatic amines is 1. The van der Waals surface area contributed by atoms with E-state index in [0.717, 1.165) is 53.2 Å². The summed E-state index contributed by atoms with van der Waals surface area (Å²) in [6.07, 6.45) is 5.13. The first-order valence-corrected chi connectivity index (χ1v) is 15.0. The lowest BCUT2D eigenvalue weighted by atomic mass is 9.86. The first-order chi connectivity index (χ1) is 18.3. The minimum atomic E-state index is -3.04. The molecule has 0 saturated carbocycles. The van der Waals surface area contributed by atoms with E-state index >= 15 is 0 Å². The summed E-state index contributed by atoms with van der Waals surface area (Å²) < 4.78 is 33.9. The summed E-state index contributed by atoms with van der Waals surface area (Å²) in [4.78, 5) is 27.5. The maximum Gasteiger partial charge on any atom is 0.223 e. The molecule has 1 amide bonds. The molecule has 5 rings (SSSR count). The topological polar surface area (TPSA) is 139 Å². The lowest BCUT2D eigenvalue weighted by molar-refractivity contribution is -0.125. The Bertz CT molecular complexity index is 1420. The zero-order chi connectivity index (χ0) is 26.7. The molecular weight excluding hydrogens is 508 g/mol. The number of nitrogens with zero attached hydrogens (tertiary/aromatic N) is 3. The summed E-state index contributed by atoms with van der Waals surface area (Å²) in [5.74, 6) is 1.17. The quantitative estimate of drug-likeness (QED) is 0.347. The molecule has 12 heteroatoms. The van der Waals surface area contributed by atoms with E-state index in [1.807, 2.05) is 12.1 Å². The summed E-state index contributed by atoms with van der Waals surface area (Å²) in [7, 11) is -1.39. The number of carbonyl (C=O) groups excluding carboxylic acids is 1. The molecule has 204 valence electrons. The molecule has 1 atom stereocenters. The van der Waals surface area contributed by atoms with Crippen molar-refractivity contribution >= 4 is 44.0 Å². The van der Waals surface area contributed by atoms with Crippen molar-refractivity contribution in [3.05, 3.63) is 35.8 Å². The molecule has 2 aromatic heterocycles. The molecule has 3 aromatic rings. The number of anilines is 3. The van der Waals surface area contributed by atoms with Crippen molar-refractivity contribution in [3.8, 4) is 5.75 Å². The molecule has 1 aromatic carbocycles. The second-order valence-corrected chi connectivity index (χ2v) is 12.1. The Balaban J connectivity index is 1.35. The average Bonchev–Trinajstić information content (AvgIpc) is 3.30. The maximum atomic E-state index is 12.9. The van der Waals surface area contributed by atoms with Crippen LogP contribution < -0.4 is 20.3 Å². The third-order valence-electron chi connectivity index (χ3n) is 7.15. The van der Waals surface area contributed by atoms with Gasteiger partial charge in [0.1, 0.15) is 33.4 Å². The van der Waals surface area contributed by atoms with Gasteiger partial charge in [0.2, 0.25) is 5.91 Å². The van der Waals surface area contributed by atoms with Gasteiger partial charge in [-0.05, 0) is 43.4 Å². The molecule has 1 unspecified atom stereocenters. The second-order valence-electron chi connectivity index (χ2n) is 9.85. The van der Waals surface area contributed by atoms with E-state index < -0.39 is 9.84 Å². The van der Waals surface area contributed by atoms with Gasteiger partial charge in [0, 0.05) is 49.3 Å². The second kappa shape index (κ2) is 11.2. The Morgan fingerprint density at radius 1 is 1.26 bits per heavy atom. The first-order valence-electron chi connectivity index (χ1n) is 12.9. The van der Waals surface area contributed by atoms with Crippen LogP contribution in [0.4, 0.5) is 17.2 Å². The summed E-state index contributed by atoms with van der Waals surface area (Å²) in [5, 5.41) is 7.22. The van der Waals surface area contributed by atoms with Crippen LogP contribution in [0.2, 0.25) is 0 Å². The molecule has 0 bridgehead atoms. The predicted molar refractivity (Wildman–Crippen MR) is 146 cm³/mol. The third-order valence-corrected chi connectivity index (χ3v) is 8.18. The number of aromatic nitrogens is 3. The van der Waals surface area contributed by atoms with E-state index in [-0.39, 0.29) is 17.6 Å². The lowest BCUT2D eigenvalue weighted by Crippen LogP contribution is -2.36. The Morgan fingerprint density at radius 2 is 2.08 bits per heavy atom. The highest BCUT2D eigenvalue weighted by Crippen LogP contribution is 2.37. The number of benzene rings is 1. The standard InChI is InChI=1S/C26H34N6O5S/c1-36-22-15-18(32-9-11-37-12-10-32)5-7-21(22)31-25-23-19-14-17(26(33)27-8-3-13-38(2,34)35)4-6-20(19)30-24(23)28-16-29-25/h5,7,15-17H,3-4,6,8-14H2,1-2H3,(H,27,33)(H2,28,29,30,31). The van der Waals surface area contributed by atoms with Crippen LogP contribution in [0.15, 0.2) is 24.5 Å². The average molecular weight is 543 g/mol. The van der Waals surface area contributed by atoms with Crippen molar-refractivity contribution in [2.24, 2.45) is 5.92 Å². The van der Waals surface area contributed by atoms with Gasteiger partial charge in [-0.2, -0.15) is 0 Å². The van der Waals surface area contributed by atoms with E-state index in [1.165, 1.54) is 12.6 Å². The van der Waals surface area contributed by atoms with Crippen molar-refractivity contribution < 1.29 is 22.7 Å². The number of ether oxygens (including phenoxy) is 2. The number of fused-ring (bicyclic) bond motifs is 3. The van der Waals surface area contributed by atoms with Crippen LogP contribution in [0.5, 0.6) is 5.75 Å². The summed E-state index contributed by atoms with van der Waals surface area (Å²) >= 11 is 0. The zero-order valence-electron chi connectivity index (χ0n) is 21.7. The van der Waals surface area contributed by atoms with Crippen LogP contribution in [0.3, 0.4) is 0 Å². The van der Waals surface area contributed by atoms with Crippen LogP contribution in [-0.2, 0) is 32.2 Å². The molecule has 38 heavy (non-hydrogen) atoms. The van der Waals surface area contributed by atoms with E-state index in [1.54, 1.807) is 7.11 Å². The monoisotopic (exact) mass is 542 g/mol. The SMILES string of the molecule is COc1cc(N2CCOCC2)ccc1Nc1ncnc2[nH]c3c(c12)CC(C(=O)NCCCS(C)(=O)=O)CC3. The largest absolute Gasteiger partial charge is 0.494 e. The lowest BCUT2D eigenvalue weighted by Gasteiger charge is -2.29. The summed E-state index contributed by atoms with van der Waals surface area (Å²) in [6, 6.07) is 6.07. The molecule has 3 heterocycles. The van der Waals surface area contributed by atoms with Gasteiger partial charge in [-0.3, -0.25) is 4.79 Å². The van der Waals surface area contributed by atoms with Gasteiger partial charge in [0.15, 0.2) is 0 Å².